The summed E-state index contributed by atoms with van der Waals surface area (Å²) in [4.78, 5) is 22.9. The third-order valence-electron chi connectivity index (χ3n) is 3.50. The fraction of sp³-hybridized carbons (Fsp3) is 0.750. The molecule has 5 heteroatoms. The minimum atomic E-state index is -0.664. The van der Waals surface area contributed by atoms with Gasteiger partial charge < -0.3 is 15.2 Å². The fourth-order valence-electron chi connectivity index (χ4n) is 2.23. The van der Waals surface area contributed by atoms with E-state index in [4.69, 9.17) is 4.74 Å². The van der Waals surface area contributed by atoms with E-state index < -0.39 is 12.1 Å². The molecule has 1 fully saturated rings. The highest BCUT2D eigenvalue weighted by molar-refractivity contribution is 5.85. The molecular formula is C16H27NO4. The van der Waals surface area contributed by atoms with Crippen molar-refractivity contribution in [2.24, 2.45) is 0 Å². The molecule has 0 spiro atoms. The van der Waals surface area contributed by atoms with Gasteiger partial charge in [0.2, 0.25) is 5.91 Å². The highest BCUT2D eigenvalue weighted by Crippen LogP contribution is 2.08. The zero-order valence-corrected chi connectivity index (χ0v) is 12.8. The lowest BCUT2D eigenvalue weighted by atomic mass is 10.1. The molecule has 5 nitrogen and oxygen atoms in total. The molecule has 0 aromatic heterocycles. The molecule has 1 rings (SSSR count). The Morgan fingerprint density at radius 3 is 2.86 bits per heavy atom. The van der Waals surface area contributed by atoms with Crippen molar-refractivity contribution in [1.29, 1.82) is 0 Å². The average molecular weight is 297 g/mol. The molecule has 2 atom stereocenters. The first kappa shape index (κ1) is 17.7. The predicted molar refractivity (Wildman–Crippen MR) is 80.6 cm³/mol. The topological polar surface area (TPSA) is 75.6 Å². The maximum atomic E-state index is 11.7. The Hall–Kier alpha value is -1.36. The van der Waals surface area contributed by atoms with Crippen molar-refractivity contribution in [2.45, 2.75) is 70.4 Å². The first-order chi connectivity index (χ1) is 10.1. The molecule has 0 radical (unpaired) electrons. The number of amides is 1. The zero-order chi connectivity index (χ0) is 15.5. The van der Waals surface area contributed by atoms with Crippen LogP contribution in [0.3, 0.4) is 0 Å². The van der Waals surface area contributed by atoms with Crippen molar-refractivity contribution < 1.29 is 19.4 Å². The van der Waals surface area contributed by atoms with Crippen LogP contribution in [0.4, 0.5) is 0 Å². The number of aliphatic hydroxyl groups excluding tert-OH is 1. The second kappa shape index (κ2) is 10.4. The minimum absolute atomic E-state index is 0.0352. The van der Waals surface area contributed by atoms with Crippen LogP contribution in [-0.4, -0.2) is 35.7 Å². The molecular weight excluding hydrogens is 270 g/mol. The van der Waals surface area contributed by atoms with Crippen LogP contribution in [0.25, 0.3) is 0 Å². The molecule has 1 heterocycles. The Balaban J connectivity index is 2.08. The standard InChI is InChI=1S/C16H27NO4/c1-2-3-4-5-6-7-8-9-13(18)12-15(19)17-14-10-11-21-16(14)20/h6-7,13-14,18H,2-5,8-12H2,1H3,(H,17,19)/b7-6+/t13?,14-/m0/s1. The smallest absolute Gasteiger partial charge is 0.328 e. The normalized spacial score (nSPS) is 19.7. The second-order valence-corrected chi connectivity index (χ2v) is 5.48. The molecule has 0 aromatic carbocycles. The van der Waals surface area contributed by atoms with Gasteiger partial charge in [-0.05, 0) is 25.7 Å². The lowest BCUT2D eigenvalue weighted by Crippen LogP contribution is -2.39. The summed E-state index contributed by atoms with van der Waals surface area (Å²) in [6, 6.07) is -0.539. The quantitative estimate of drug-likeness (QED) is 0.368. The summed E-state index contributed by atoms with van der Waals surface area (Å²) < 4.78 is 4.77. The number of unbranched alkanes of at least 4 members (excludes halogenated alkanes) is 3. The monoisotopic (exact) mass is 297 g/mol. The molecule has 0 aliphatic carbocycles. The van der Waals surface area contributed by atoms with E-state index in [1.807, 2.05) is 0 Å². The number of cyclic esters (lactones) is 1. The molecule has 0 aromatic rings. The van der Waals surface area contributed by atoms with Crippen LogP contribution in [-0.2, 0) is 14.3 Å². The Morgan fingerprint density at radius 2 is 2.19 bits per heavy atom. The third-order valence-corrected chi connectivity index (χ3v) is 3.50. The van der Waals surface area contributed by atoms with Gasteiger partial charge in [0.1, 0.15) is 6.04 Å². The van der Waals surface area contributed by atoms with Crippen LogP contribution in [0, 0.1) is 0 Å². The summed E-state index contributed by atoms with van der Waals surface area (Å²) in [7, 11) is 0. The van der Waals surface area contributed by atoms with Crippen molar-refractivity contribution in [2.75, 3.05) is 6.61 Å². The highest BCUT2D eigenvalue weighted by atomic mass is 16.5. The molecule has 1 aliphatic rings. The SMILES string of the molecule is CCCCC/C=C/CCC(O)CC(=O)N[C@H]1CCOC1=O. The van der Waals surface area contributed by atoms with E-state index in [0.717, 1.165) is 12.8 Å². The van der Waals surface area contributed by atoms with Crippen molar-refractivity contribution in [3.63, 3.8) is 0 Å². The van der Waals surface area contributed by atoms with E-state index in [-0.39, 0.29) is 18.3 Å². The van der Waals surface area contributed by atoms with Crippen LogP contribution < -0.4 is 5.32 Å². The van der Waals surface area contributed by atoms with Gasteiger partial charge in [-0.2, -0.15) is 0 Å². The van der Waals surface area contributed by atoms with Gasteiger partial charge in [0.25, 0.3) is 0 Å². The number of hydrogen-bond acceptors (Lipinski definition) is 4. The van der Waals surface area contributed by atoms with E-state index in [9.17, 15) is 14.7 Å². The number of carbonyl (C=O) groups excluding carboxylic acids is 2. The molecule has 1 amide bonds. The number of allylic oxidation sites excluding steroid dienone is 2. The summed E-state index contributed by atoms with van der Waals surface area (Å²) >= 11 is 0. The van der Waals surface area contributed by atoms with Gasteiger partial charge in [-0.1, -0.05) is 31.9 Å². The van der Waals surface area contributed by atoms with Gasteiger partial charge >= 0.3 is 5.97 Å². The summed E-state index contributed by atoms with van der Waals surface area (Å²) in [5.74, 6) is -0.675. The Labute approximate surface area is 126 Å². The van der Waals surface area contributed by atoms with Crippen LogP contribution in [0.15, 0.2) is 12.2 Å². The Bertz CT molecular complexity index is 354. The molecule has 21 heavy (non-hydrogen) atoms. The first-order valence-corrected chi connectivity index (χ1v) is 7.92. The maximum absolute atomic E-state index is 11.7. The van der Waals surface area contributed by atoms with Crippen LogP contribution >= 0.6 is 0 Å². The highest BCUT2D eigenvalue weighted by Gasteiger charge is 2.28. The summed E-state index contributed by atoms with van der Waals surface area (Å²) in [5, 5.41) is 12.4. The van der Waals surface area contributed by atoms with Gasteiger partial charge in [-0.25, -0.2) is 4.79 Å². The third kappa shape index (κ3) is 7.85. The van der Waals surface area contributed by atoms with E-state index in [2.05, 4.69) is 24.4 Å². The Morgan fingerprint density at radius 1 is 1.43 bits per heavy atom. The van der Waals surface area contributed by atoms with Gasteiger partial charge in [0.15, 0.2) is 0 Å². The van der Waals surface area contributed by atoms with Crippen molar-refractivity contribution in [3.05, 3.63) is 12.2 Å². The number of esters is 1. The molecule has 120 valence electrons. The number of aliphatic hydroxyl groups is 1. The van der Waals surface area contributed by atoms with Crippen LogP contribution in [0.5, 0.6) is 0 Å². The number of carbonyl (C=O) groups is 2. The largest absolute Gasteiger partial charge is 0.464 e. The van der Waals surface area contributed by atoms with E-state index in [1.54, 1.807) is 0 Å². The minimum Gasteiger partial charge on any atom is -0.464 e. The molecule has 0 bridgehead atoms. The van der Waals surface area contributed by atoms with Crippen LogP contribution in [0.1, 0.15) is 58.3 Å². The molecule has 1 aliphatic heterocycles. The van der Waals surface area contributed by atoms with E-state index >= 15 is 0 Å². The maximum Gasteiger partial charge on any atom is 0.328 e. The second-order valence-electron chi connectivity index (χ2n) is 5.48. The number of rotatable bonds is 10. The van der Waals surface area contributed by atoms with Gasteiger partial charge in [-0.3, -0.25) is 4.79 Å². The summed E-state index contributed by atoms with van der Waals surface area (Å²) in [6.45, 7) is 2.53. The zero-order valence-electron chi connectivity index (χ0n) is 12.8. The average Bonchev–Trinajstić information content (AvgIpc) is 2.83. The van der Waals surface area contributed by atoms with Crippen molar-refractivity contribution >= 4 is 11.9 Å². The molecule has 2 N–H and O–H groups in total. The van der Waals surface area contributed by atoms with Crippen molar-refractivity contribution in [3.8, 4) is 0 Å². The van der Waals surface area contributed by atoms with E-state index in [0.29, 0.717) is 19.4 Å². The molecule has 1 unspecified atom stereocenters. The fourth-order valence-corrected chi connectivity index (χ4v) is 2.23. The van der Waals surface area contributed by atoms with E-state index in [1.165, 1.54) is 19.3 Å². The van der Waals surface area contributed by atoms with Crippen LogP contribution in [0.2, 0.25) is 0 Å². The number of nitrogens with one attached hydrogen (secondary N) is 1. The lowest BCUT2D eigenvalue weighted by molar-refractivity contribution is -0.141. The van der Waals surface area contributed by atoms with Crippen molar-refractivity contribution in [1.82, 2.24) is 5.32 Å². The first-order valence-electron chi connectivity index (χ1n) is 7.92. The molecule has 0 saturated carbocycles. The Kier molecular flexibility index (Phi) is 8.74. The van der Waals surface area contributed by atoms with Gasteiger partial charge in [-0.15, -0.1) is 0 Å². The summed E-state index contributed by atoms with van der Waals surface area (Å²) in [6.07, 6.45) is 10.2. The number of hydrogen-bond donors (Lipinski definition) is 2. The number of ether oxygens (including phenoxy) is 1. The lowest BCUT2D eigenvalue weighted by Gasteiger charge is -2.12. The summed E-state index contributed by atoms with van der Waals surface area (Å²) in [5.41, 5.74) is 0. The van der Waals surface area contributed by atoms with Gasteiger partial charge in [0, 0.05) is 6.42 Å². The van der Waals surface area contributed by atoms with Gasteiger partial charge in [0.05, 0.1) is 19.1 Å². The molecule has 1 saturated heterocycles. The predicted octanol–water partition coefficient (Wildman–Crippen LogP) is 2.09.